The normalized spacial score (nSPS) is 16.5. The molecule has 122 valence electrons. The molecule has 1 aromatic rings. The maximum atomic E-state index is 11.5. The summed E-state index contributed by atoms with van der Waals surface area (Å²) < 4.78 is 0. The molecule has 2 aliphatic carbocycles. The minimum Gasteiger partial charge on any atom is -0.664 e. The number of benzene rings is 1. The molecule has 0 unspecified atom stereocenters. The Morgan fingerprint density at radius 2 is 1.42 bits per heavy atom. The van der Waals surface area contributed by atoms with Crippen LogP contribution >= 0.6 is 0 Å². The molecule has 2 saturated carbocycles. The van der Waals surface area contributed by atoms with Crippen LogP contribution in [0.25, 0.3) is 10.6 Å². The molecule has 2 amide bonds. The number of nitro benzene ring substituents is 1. The molecule has 2 fully saturated rings. The van der Waals surface area contributed by atoms with E-state index in [9.17, 15) is 14.9 Å². The van der Waals surface area contributed by atoms with Crippen LogP contribution in [-0.2, 0) is 17.1 Å². The van der Waals surface area contributed by atoms with E-state index in [-0.39, 0.29) is 28.4 Å². The van der Waals surface area contributed by atoms with Gasteiger partial charge in [0.2, 0.25) is 0 Å². The molecule has 0 bridgehead atoms. The van der Waals surface area contributed by atoms with Crippen LogP contribution in [-0.4, -0.2) is 11.0 Å². The molecular weight excluding hydrogens is 350 g/mol. The van der Waals surface area contributed by atoms with Crippen molar-refractivity contribution in [2.75, 3.05) is 0 Å². The van der Waals surface area contributed by atoms with Crippen molar-refractivity contribution in [1.82, 2.24) is 0 Å². The summed E-state index contributed by atoms with van der Waals surface area (Å²) in [6.45, 7) is 0. The Balaban J connectivity index is 0.000000412. The molecule has 1 aromatic carbocycles. The summed E-state index contributed by atoms with van der Waals surface area (Å²) in [4.78, 5) is 21.6. The Kier molecular flexibility index (Phi) is 9.42. The number of carbonyl (C=O) groups is 1. The van der Waals surface area contributed by atoms with Gasteiger partial charge in [-0.25, -0.2) is 0 Å². The zero-order valence-corrected chi connectivity index (χ0v) is 13.5. The second-order valence-corrected chi connectivity index (χ2v) is 4.36. The largest absolute Gasteiger partial charge is 2.00 e. The Hall–Kier alpha value is -1.59. The van der Waals surface area contributed by atoms with Crippen molar-refractivity contribution >= 4 is 17.4 Å². The van der Waals surface area contributed by atoms with Crippen LogP contribution in [0.1, 0.15) is 0 Å². The molecule has 0 atom stereocenters. The number of amides is 2. The number of carbonyl (C=O) groups excluding carboxylic acids is 1. The van der Waals surface area contributed by atoms with Crippen LogP contribution < -0.4 is 0 Å². The molecule has 0 saturated heterocycles. The van der Waals surface area contributed by atoms with E-state index in [2.05, 4.69) is 10.6 Å². The second-order valence-electron chi connectivity index (χ2n) is 4.36. The molecule has 0 aliphatic heterocycles. The van der Waals surface area contributed by atoms with E-state index in [1.165, 1.54) is 18.2 Å². The molecule has 7 heteroatoms. The third-order valence-corrected chi connectivity index (χ3v) is 2.72. The topological polar surface area (TPSA) is 88.4 Å². The molecule has 0 N–H and O–H groups in total. The van der Waals surface area contributed by atoms with E-state index in [0.29, 0.717) is 6.04 Å². The average Bonchev–Trinajstić information content (AvgIpc) is 3.23. The van der Waals surface area contributed by atoms with Crippen LogP contribution in [0.2, 0.25) is 0 Å². The molecule has 6 nitrogen and oxygen atoms in total. The predicted octanol–water partition coefficient (Wildman–Crippen LogP) is 4.48. The summed E-state index contributed by atoms with van der Waals surface area (Å²) in [5, 5.41) is 18.0. The summed E-state index contributed by atoms with van der Waals surface area (Å²) in [5.74, 6) is 0. The monoisotopic (exact) mass is 363 g/mol. The fraction of sp³-hybridized carbons (Fsp3) is 0. The van der Waals surface area contributed by atoms with Gasteiger partial charge in [-0.1, -0.05) is 23.9 Å². The first kappa shape index (κ1) is 20.5. The maximum absolute atomic E-state index is 11.5. The number of para-hydroxylation sites is 2. The number of nitro groups is 1. The van der Waals surface area contributed by atoms with Crippen molar-refractivity contribution < 1.29 is 26.8 Å². The van der Waals surface area contributed by atoms with Crippen LogP contribution in [0, 0.1) is 73.9 Å². The van der Waals surface area contributed by atoms with Gasteiger partial charge in [-0.15, -0.1) is 6.04 Å². The van der Waals surface area contributed by atoms with Gasteiger partial charge in [0.25, 0.3) is 5.69 Å². The number of rotatable bonds is 3. The minimum absolute atomic E-state index is 0. The number of hydrogen-bond acceptors (Lipinski definition) is 3. The number of hydrogen-bond donors (Lipinski definition) is 0. The van der Waals surface area contributed by atoms with Gasteiger partial charge >= 0.3 is 17.1 Å². The molecule has 0 aromatic heterocycles. The van der Waals surface area contributed by atoms with Crippen molar-refractivity contribution in [2.45, 2.75) is 0 Å². The third kappa shape index (κ3) is 6.89. The van der Waals surface area contributed by atoms with Crippen molar-refractivity contribution in [3.63, 3.8) is 0 Å². The van der Waals surface area contributed by atoms with Gasteiger partial charge in [-0.05, 0) is 63.8 Å². The first-order valence-corrected chi connectivity index (χ1v) is 6.76. The zero-order valence-electron chi connectivity index (χ0n) is 12.4. The van der Waals surface area contributed by atoms with E-state index in [1.807, 2.05) is 32.1 Å². The van der Waals surface area contributed by atoms with Crippen molar-refractivity contribution in [2.24, 2.45) is 0 Å². The Morgan fingerprint density at radius 1 is 0.875 bits per heavy atom. The second kappa shape index (κ2) is 11.0. The van der Waals surface area contributed by atoms with Crippen molar-refractivity contribution in [3.05, 3.63) is 109 Å². The molecule has 24 heavy (non-hydrogen) atoms. The summed E-state index contributed by atoms with van der Waals surface area (Å²) in [6, 6.07) is 5.47. The van der Waals surface area contributed by atoms with E-state index >= 15 is 0 Å². The fourth-order valence-electron chi connectivity index (χ4n) is 1.71. The smallest absolute Gasteiger partial charge is 0.664 e. The first-order valence-electron chi connectivity index (χ1n) is 6.76. The maximum Gasteiger partial charge on any atom is 2.00 e. The van der Waals surface area contributed by atoms with Crippen LogP contribution in [0.15, 0.2) is 24.3 Å². The van der Waals surface area contributed by atoms with E-state index in [0.717, 1.165) is 0 Å². The van der Waals surface area contributed by atoms with Crippen LogP contribution in [0.3, 0.4) is 0 Å². The van der Waals surface area contributed by atoms with Crippen molar-refractivity contribution in [3.8, 4) is 0 Å². The van der Waals surface area contributed by atoms with Crippen LogP contribution in [0.5, 0.6) is 0 Å². The van der Waals surface area contributed by atoms with E-state index in [1.54, 1.807) is 31.7 Å². The van der Waals surface area contributed by atoms with Gasteiger partial charge in [-0.2, -0.15) is 0 Å². The number of nitrogens with zero attached hydrogens (tertiary/aromatic N) is 3. The van der Waals surface area contributed by atoms with Crippen LogP contribution in [0.4, 0.5) is 16.2 Å². The molecule has 0 heterocycles. The molecule has 2 aliphatic rings. The third-order valence-electron chi connectivity index (χ3n) is 2.72. The standard InChI is InChI=1S/C12H9N3O3.C5H5.Fe/c16-12(13-9-5-1-2-6-9)14-10-7-3-4-8-11(10)15(17)18;1-2-4-5-3-1;/h1-8H,(H-,13,14,16);1-5H;/q-1;;+2/p-1. The van der Waals surface area contributed by atoms with Gasteiger partial charge in [0.05, 0.1) is 4.92 Å². The predicted molar refractivity (Wildman–Crippen MR) is 86.8 cm³/mol. The zero-order chi connectivity index (χ0) is 16.5. The van der Waals surface area contributed by atoms with E-state index < -0.39 is 11.0 Å². The Bertz CT molecular complexity index is 522. The molecule has 0 spiro atoms. The number of urea groups is 1. The minimum atomic E-state index is -0.768. The summed E-state index contributed by atoms with van der Waals surface area (Å²) in [5.41, 5.74) is -0.216. The van der Waals surface area contributed by atoms with Crippen molar-refractivity contribution in [1.29, 1.82) is 0 Å². The molecule has 10 radical (unpaired) electrons. The molecular formula is C17H13FeN3O3. The van der Waals surface area contributed by atoms with E-state index in [4.69, 9.17) is 0 Å². The Morgan fingerprint density at radius 3 is 1.96 bits per heavy atom. The fourth-order valence-corrected chi connectivity index (χ4v) is 1.71. The quantitative estimate of drug-likeness (QED) is 0.451. The van der Waals surface area contributed by atoms with Gasteiger partial charge in [-0.3, -0.25) is 10.1 Å². The van der Waals surface area contributed by atoms with Gasteiger partial charge in [0.1, 0.15) is 0 Å². The summed E-state index contributed by atoms with van der Waals surface area (Å²) in [6.07, 6.45) is 16.8. The average molecular weight is 363 g/mol. The Labute approximate surface area is 153 Å². The van der Waals surface area contributed by atoms with Gasteiger partial charge in [0, 0.05) is 6.07 Å². The molecule has 3 rings (SSSR count). The SMILES string of the molecule is O=C([N-][C]1[CH][CH][CH][CH]1)[N-]c1ccccc1[N+](=O)[O-].[CH]1[CH][CH][CH][CH]1.[Fe+2]. The van der Waals surface area contributed by atoms with Gasteiger partial charge < -0.3 is 15.4 Å². The van der Waals surface area contributed by atoms with Gasteiger partial charge in [0.15, 0.2) is 0 Å². The summed E-state index contributed by atoms with van der Waals surface area (Å²) >= 11 is 0. The first-order chi connectivity index (χ1) is 11.2. The summed E-state index contributed by atoms with van der Waals surface area (Å²) in [7, 11) is 0.